The number of hydrazone groups is 1. The summed E-state index contributed by atoms with van der Waals surface area (Å²) in [6.07, 6.45) is 1.35. The van der Waals surface area contributed by atoms with Gasteiger partial charge in [-0.2, -0.15) is 15.6 Å². The molecule has 0 saturated heterocycles. The van der Waals surface area contributed by atoms with E-state index in [0.717, 1.165) is 12.1 Å². The molecule has 1 aromatic carbocycles. The third kappa shape index (κ3) is 4.13. The number of nitrogens with one attached hydrogen (secondary N) is 1. The van der Waals surface area contributed by atoms with Crippen molar-refractivity contribution in [3.63, 3.8) is 0 Å². The molecule has 0 aliphatic carbocycles. The van der Waals surface area contributed by atoms with Crippen LogP contribution in [0.1, 0.15) is 0 Å². The average molecular weight is 334 g/mol. The van der Waals surface area contributed by atoms with Crippen molar-refractivity contribution in [3.8, 4) is 23.6 Å². The monoisotopic (exact) mass is 333 g/mol. The number of pyridine rings is 1. The van der Waals surface area contributed by atoms with Gasteiger partial charge in [0.2, 0.25) is 5.71 Å². The fraction of sp³-hybridized carbons (Fsp3) is 0. The Morgan fingerprint density at radius 1 is 1.22 bits per heavy atom. The van der Waals surface area contributed by atoms with E-state index in [1.807, 2.05) is 0 Å². The zero-order valence-electron chi connectivity index (χ0n) is 11.2. The highest BCUT2D eigenvalue weighted by molar-refractivity contribution is 6.29. The second-order valence-corrected chi connectivity index (χ2v) is 4.36. The lowest BCUT2D eigenvalue weighted by molar-refractivity contribution is 0.436. The van der Waals surface area contributed by atoms with Crippen LogP contribution < -0.4 is 10.2 Å². The quantitative estimate of drug-likeness (QED) is 0.524. The first-order chi connectivity index (χ1) is 11.0. The minimum atomic E-state index is -0.888. The van der Waals surface area contributed by atoms with Crippen molar-refractivity contribution in [1.82, 2.24) is 4.98 Å². The van der Waals surface area contributed by atoms with Gasteiger partial charge in [0, 0.05) is 24.4 Å². The van der Waals surface area contributed by atoms with Crippen LogP contribution in [0.25, 0.3) is 0 Å². The fourth-order valence-electron chi connectivity index (χ4n) is 1.46. The summed E-state index contributed by atoms with van der Waals surface area (Å²) in [5.41, 5.74) is 1.21. The molecule has 0 bridgehead atoms. The molecule has 2 aromatic rings. The molecule has 23 heavy (non-hydrogen) atoms. The van der Waals surface area contributed by atoms with Crippen molar-refractivity contribution in [1.29, 1.82) is 10.5 Å². The largest absolute Gasteiger partial charge is 0.454 e. The Bertz CT molecular complexity index is 841. The summed E-state index contributed by atoms with van der Waals surface area (Å²) in [5.74, 6) is -1.97. The highest BCUT2D eigenvalue weighted by Gasteiger charge is 2.12. The normalized spacial score (nSPS) is 9.43. The number of nitrogens with zero attached hydrogens (tertiary/aromatic N) is 4. The zero-order valence-corrected chi connectivity index (χ0v) is 12.0. The minimum Gasteiger partial charge on any atom is -0.454 e. The summed E-state index contributed by atoms with van der Waals surface area (Å²) in [5, 5.41) is 20.5. The van der Waals surface area contributed by atoms with Gasteiger partial charge in [0.15, 0.2) is 17.4 Å². The molecule has 1 N–H and O–H groups in total. The smallest absolute Gasteiger partial charge is 0.237 e. The van der Waals surface area contributed by atoms with Crippen molar-refractivity contribution >= 4 is 23.0 Å². The van der Waals surface area contributed by atoms with E-state index in [1.54, 1.807) is 0 Å². The number of anilines is 1. The number of ether oxygens (including phenoxy) is 1. The third-order valence-electron chi connectivity index (χ3n) is 2.45. The Labute approximate surface area is 134 Å². The summed E-state index contributed by atoms with van der Waals surface area (Å²) in [6.45, 7) is 0. The van der Waals surface area contributed by atoms with Gasteiger partial charge in [0.1, 0.15) is 23.0 Å². The molecular weight excluding hydrogens is 328 g/mol. The topological polar surface area (TPSA) is 94.1 Å². The van der Waals surface area contributed by atoms with Crippen LogP contribution in [0, 0.1) is 34.3 Å². The van der Waals surface area contributed by atoms with Gasteiger partial charge >= 0.3 is 0 Å². The first kappa shape index (κ1) is 16.1. The van der Waals surface area contributed by atoms with Gasteiger partial charge in [-0.25, -0.2) is 13.8 Å². The molecule has 9 heteroatoms. The molecule has 0 amide bonds. The highest BCUT2D eigenvalue weighted by atomic mass is 35.5. The Morgan fingerprint density at radius 2 is 1.96 bits per heavy atom. The number of benzene rings is 1. The van der Waals surface area contributed by atoms with Gasteiger partial charge in [-0.1, -0.05) is 11.6 Å². The average Bonchev–Trinajstić information content (AvgIpc) is 2.52. The van der Waals surface area contributed by atoms with Crippen LogP contribution in [0.5, 0.6) is 11.5 Å². The van der Waals surface area contributed by atoms with Crippen LogP contribution >= 0.6 is 11.6 Å². The van der Waals surface area contributed by atoms with Gasteiger partial charge in [-0.3, -0.25) is 5.43 Å². The number of rotatable bonds is 4. The summed E-state index contributed by atoms with van der Waals surface area (Å²) in [7, 11) is 0. The van der Waals surface area contributed by atoms with E-state index in [0.29, 0.717) is 0 Å². The summed E-state index contributed by atoms with van der Waals surface area (Å²) < 4.78 is 33.0. The zero-order chi connectivity index (χ0) is 16.8. The maximum absolute atomic E-state index is 13.9. The maximum atomic E-state index is 13.9. The first-order valence-corrected chi connectivity index (χ1v) is 6.33. The molecule has 0 atom stereocenters. The van der Waals surface area contributed by atoms with Crippen molar-refractivity contribution in [3.05, 3.63) is 47.2 Å². The SMILES string of the molecule is N#CC(C#N)=NNc1cc(F)c(Oc2ccnc(Cl)c2)cc1F. The number of hydrogen-bond donors (Lipinski definition) is 1. The lowest BCUT2D eigenvalue weighted by Gasteiger charge is -2.09. The van der Waals surface area contributed by atoms with Crippen LogP contribution in [0.3, 0.4) is 0 Å². The lowest BCUT2D eigenvalue weighted by Crippen LogP contribution is -2.00. The van der Waals surface area contributed by atoms with E-state index in [-0.39, 0.29) is 22.3 Å². The van der Waals surface area contributed by atoms with Gasteiger partial charge in [-0.05, 0) is 6.07 Å². The van der Waals surface area contributed by atoms with E-state index >= 15 is 0 Å². The Hall–Kier alpha value is -3.23. The van der Waals surface area contributed by atoms with Crippen LogP contribution in [0.4, 0.5) is 14.5 Å². The maximum Gasteiger partial charge on any atom is 0.237 e. The fourth-order valence-corrected chi connectivity index (χ4v) is 1.62. The molecule has 0 spiro atoms. The molecule has 114 valence electrons. The molecule has 0 radical (unpaired) electrons. The van der Waals surface area contributed by atoms with Crippen LogP contribution in [0.15, 0.2) is 35.6 Å². The van der Waals surface area contributed by atoms with Crippen LogP contribution in [-0.2, 0) is 0 Å². The second kappa shape index (κ2) is 7.16. The molecule has 0 saturated carbocycles. The summed E-state index contributed by atoms with van der Waals surface area (Å²) >= 11 is 5.67. The molecular formula is C14H6ClF2N5O. The van der Waals surface area contributed by atoms with Crippen molar-refractivity contribution in [2.24, 2.45) is 5.10 Å². The first-order valence-electron chi connectivity index (χ1n) is 5.96. The summed E-state index contributed by atoms with van der Waals surface area (Å²) in [4.78, 5) is 3.73. The Morgan fingerprint density at radius 3 is 2.61 bits per heavy atom. The number of nitriles is 2. The van der Waals surface area contributed by atoms with Gasteiger partial charge in [0.25, 0.3) is 0 Å². The molecule has 6 nitrogen and oxygen atoms in total. The minimum absolute atomic E-state index is 0.136. The Balaban J connectivity index is 2.26. The number of aromatic nitrogens is 1. The molecule has 2 rings (SSSR count). The van der Waals surface area contributed by atoms with Gasteiger partial charge in [-0.15, -0.1) is 0 Å². The predicted octanol–water partition coefficient (Wildman–Crippen LogP) is 3.62. The molecule has 0 unspecified atom stereocenters. The molecule has 1 aromatic heterocycles. The number of halogens is 3. The van der Waals surface area contributed by atoms with Crippen molar-refractivity contribution in [2.75, 3.05) is 5.43 Å². The van der Waals surface area contributed by atoms with Gasteiger partial charge < -0.3 is 4.74 Å². The van der Waals surface area contributed by atoms with Crippen LogP contribution in [0.2, 0.25) is 5.15 Å². The second-order valence-electron chi connectivity index (χ2n) is 3.97. The lowest BCUT2D eigenvalue weighted by atomic mass is 10.2. The van der Waals surface area contributed by atoms with Crippen molar-refractivity contribution < 1.29 is 13.5 Å². The summed E-state index contributed by atoms with van der Waals surface area (Å²) in [6, 6.07) is 7.27. The van der Waals surface area contributed by atoms with E-state index in [1.165, 1.54) is 30.5 Å². The standard InChI is InChI=1S/C14H6ClF2N5O/c15-14-3-9(1-2-20-14)23-13-5-10(16)12(4-11(13)17)22-21-8(6-18)7-19/h1-5,22H. The van der Waals surface area contributed by atoms with Gasteiger partial charge in [0.05, 0.1) is 5.69 Å². The van der Waals surface area contributed by atoms with E-state index in [9.17, 15) is 8.78 Å². The van der Waals surface area contributed by atoms with E-state index < -0.39 is 17.3 Å². The van der Waals surface area contributed by atoms with Crippen LogP contribution in [-0.4, -0.2) is 10.7 Å². The molecule has 1 heterocycles. The third-order valence-corrected chi connectivity index (χ3v) is 2.65. The molecule has 0 aliphatic rings. The van der Waals surface area contributed by atoms with E-state index in [2.05, 4.69) is 15.5 Å². The predicted molar refractivity (Wildman–Crippen MR) is 78.0 cm³/mol. The number of hydrogen-bond acceptors (Lipinski definition) is 6. The highest BCUT2D eigenvalue weighted by Crippen LogP contribution is 2.29. The van der Waals surface area contributed by atoms with E-state index in [4.69, 9.17) is 26.9 Å². The van der Waals surface area contributed by atoms with Crippen molar-refractivity contribution in [2.45, 2.75) is 0 Å². The Kier molecular flexibility index (Phi) is 5.03. The molecule has 0 aliphatic heterocycles. The molecule has 0 fully saturated rings.